The standard InChI is InChI=1S/C13H15N3O3/c1-3-7-14(4-2)13(17)12-8-11(16(18)19)9-15(12)10-5-6-10/h1,8-10H,4-7H2,2H3. The lowest BCUT2D eigenvalue weighted by Gasteiger charge is -2.18. The molecule has 0 unspecified atom stereocenters. The molecule has 0 saturated heterocycles. The molecule has 1 amide bonds. The summed E-state index contributed by atoms with van der Waals surface area (Å²) in [6.07, 6.45) is 8.57. The second-order valence-corrected chi connectivity index (χ2v) is 4.50. The Hall–Kier alpha value is -2.29. The van der Waals surface area contributed by atoms with E-state index >= 15 is 0 Å². The van der Waals surface area contributed by atoms with Crippen LogP contribution >= 0.6 is 0 Å². The lowest BCUT2D eigenvalue weighted by atomic mass is 10.3. The van der Waals surface area contributed by atoms with E-state index in [1.54, 1.807) is 4.57 Å². The summed E-state index contributed by atoms with van der Waals surface area (Å²) in [7, 11) is 0. The van der Waals surface area contributed by atoms with Crippen LogP contribution in [0, 0.1) is 22.5 Å². The van der Waals surface area contributed by atoms with Gasteiger partial charge in [-0.1, -0.05) is 5.92 Å². The van der Waals surface area contributed by atoms with Crippen LogP contribution in [-0.4, -0.2) is 33.4 Å². The first kappa shape index (κ1) is 13.1. The SMILES string of the molecule is C#CCN(CC)C(=O)c1cc([N+](=O)[O-])cn1C1CC1. The highest BCUT2D eigenvalue weighted by Crippen LogP contribution is 2.38. The van der Waals surface area contributed by atoms with Gasteiger partial charge in [0.1, 0.15) is 5.69 Å². The van der Waals surface area contributed by atoms with Crippen LogP contribution in [0.15, 0.2) is 12.3 Å². The molecule has 1 saturated carbocycles. The van der Waals surface area contributed by atoms with Gasteiger partial charge in [-0.15, -0.1) is 6.42 Å². The van der Waals surface area contributed by atoms with Crippen LogP contribution in [0.5, 0.6) is 0 Å². The maximum absolute atomic E-state index is 12.3. The van der Waals surface area contributed by atoms with E-state index in [-0.39, 0.29) is 24.2 Å². The van der Waals surface area contributed by atoms with Crippen molar-refractivity contribution in [3.63, 3.8) is 0 Å². The molecule has 0 radical (unpaired) electrons. The van der Waals surface area contributed by atoms with Gasteiger partial charge in [-0.05, 0) is 19.8 Å². The quantitative estimate of drug-likeness (QED) is 0.461. The molecule has 6 nitrogen and oxygen atoms in total. The van der Waals surface area contributed by atoms with Gasteiger partial charge in [0.25, 0.3) is 11.6 Å². The Bertz CT molecular complexity index is 552. The van der Waals surface area contributed by atoms with Crippen LogP contribution in [0.3, 0.4) is 0 Å². The maximum Gasteiger partial charge on any atom is 0.287 e. The van der Waals surface area contributed by atoms with E-state index in [2.05, 4.69) is 5.92 Å². The first-order valence-corrected chi connectivity index (χ1v) is 6.17. The third-order valence-corrected chi connectivity index (χ3v) is 3.16. The van der Waals surface area contributed by atoms with Crippen molar-refractivity contribution in [2.75, 3.05) is 13.1 Å². The van der Waals surface area contributed by atoms with Crippen LogP contribution in [-0.2, 0) is 0 Å². The molecule has 19 heavy (non-hydrogen) atoms. The average molecular weight is 261 g/mol. The normalized spacial score (nSPS) is 13.9. The molecule has 1 aromatic rings. The number of hydrogen-bond donors (Lipinski definition) is 0. The summed E-state index contributed by atoms with van der Waals surface area (Å²) < 4.78 is 1.71. The van der Waals surface area contributed by atoms with E-state index in [1.807, 2.05) is 6.92 Å². The number of rotatable bonds is 5. The first-order chi connectivity index (χ1) is 9.08. The summed E-state index contributed by atoms with van der Waals surface area (Å²) in [4.78, 5) is 24.2. The van der Waals surface area contributed by atoms with Gasteiger partial charge in [-0.3, -0.25) is 14.9 Å². The predicted molar refractivity (Wildman–Crippen MR) is 69.8 cm³/mol. The Morgan fingerprint density at radius 1 is 1.68 bits per heavy atom. The van der Waals surface area contributed by atoms with Gasteiger partial charge in [0.15, 0.2) is 0 Å². The van der Waals surface area contributed by atoms with Crippen molar-refractivity contribution in [2.45, 2.75) is 25.8 Å². The van der Waals surface area contributed by atoms with Gasteiger partial charge in [-0.2, -0.15) is 0 Å². The zero-order valence-electron chi connectivity index (χ0n) is 10.7. The number of carbonyl (C=O) groups excluding carboxylic acids is 1. The fourth-order valence-electron chi connectivity index (χ4n) is 1.99. The summed E-state index contributed by atoms with van der Waals surface area (Å²) in [5, 5.41) is 10.8. The van der Waals surface area contributed by atoms with Crippen LogP contribution in [0.1, 0.15) is 36.3 Å². The molecule has 0 aromatic carbocycles. The molecule has 0 bridgehead atoms. The second-order valence-electron chi connectivity index (χ2n) is 4.50. The number of amides is 1. The Labute approximate surface area is 111 Å². The Morgan fingerprint density at radius 3 is 2.84 bits per heavy atom. The van der Waals surface area contributed by atoms with Crippen LogP contribution < -0.4 is 0 Å². The number of nitro groups is 1. The van der Waals surface area contributed by atoms with Crippen molar-refractivity contribution in [2.24, 2.45) is 0 Å². The molecule has 1 fully saturated rings. The third-order valence-electron chi connectivity index (χ3n) is 3.16. The summed E-state index contributed by atoms with van der Waals surface area (Å²) in [6.45, 7) is 2.51. The van der Waals surface area contributed by atoms with E-state index in [0.29, 0.717) is 12.2 Å². The van der Waals surface area contributed by atoms with E-state index in [4.69, 9.17) is 6.42 Å². The van der Waals surface area contributed by atoms with E-state index in [1.165, 1.54) is 17.2 Å². The van der Waals surface area contributed by atoms with Crippen molar-refractivity contribution in [3.05, 3.63) is 28.1 Å². The van der Waals surface area contributed by atoms with Gasteiger partial charge in [0, 0.05) is 18.7 Å². The molecule has 1 aromatic heterocycles. The molecule has 6 heteroatoms. The monoisotopic (exact) mass is 261 g/mol. The average Bonchev–Trinajstić information content (AvgIpc) is 3.13. The molecule has 0 spiro atoms. The van der Waals surface area contributed by atoms with Crippen molar-refractivity contribution in [3.8, 4) is 12.3 Å². The Morgan fingerprint density at radius 2 is 2.37 bits per heavy atom. The van der Waals surface area contributed by atoms with E-state index in [9.17, 15) is 14.9 Å². The number of nitrogens with zero attached hydrogens (tertiary/aromatic N) is 3. The van der Waals surface area contributed by atoms with Gasteiger partial charge >= 0.3 is 0 Å². The molecule has 0 N–H and O–H groups in total. The van der Waals surface area contributed by atoms with E-state index in [0.717, 1.165) is 12.8 Å². The summed E-state index contributed by atoms with van der Waals surface area (Å²) in [5.41, 5.74) is 0.304. The number of hydrogen-bond acceptors (Lipinski definition) is 3. The summed E-state index contributed by atoms with van der Waals surface area (Å²) in [5.74, 6) is 2.18. The molecule has 100 valence electrons. The number of carbonyl (C=O) groups is 1. The smallest absolute Gasteiger partial charge is 0.287 e. The number of aromatic nitrogens is 1. The second kappa shape index (κ2) is 5.14. The molecule has 1 aliphatic rings. The van der Waals surface area contributed by atoms with Crippen LogP contribution in [0.4, 0.5) is 5.69 Å². The first-order valence-electron chi connectivity index (χ1n) is 6.17. The summed E-state index contributed by atoms with van der Waals surface area (Å²) in [6, 6.07) is 1.54. The molecule has 1 aliphatic carbocycles. The lowest BCUT2D eigenvalue weighted by Crippen LogP contribution is -2.32. The third kappa shape index (κ3) is 2.60. The molecular formula is C13H15N3O3. The van der Waals surface area contributed by atoms with Gasteiger partial charge in [0.05, 0.1) is 17.7 Å². The molecule has 2 rings (SSSR count). The minimum atomic E-state index is -0.479. The lowest BCUT2D eigenvalue weighted by molar-refractivity contribution is -0.384. The summed E-state index contributed by atoms with van der Waals surface area (Å²) >= 11 is 0. The minimum Gasteiger partial charge on any atom is -0.334 e. The highest BCUT2D eigenvalue weighted by molar-refractivity contribution is 5.93. The molecule has 1 heterocycles. The van der Waals surface area contributed by atoms with Gasteiger partial charge in [-0.25, -0.2) is 0 Å². The van der Waals surface area contributed by atoms with Crippen molar-refractivity contribution in [1.29, 1.82) is 0 Å². The van der Waals surface area contributed by atoms with E-state index < -0.39 is 4.92 Å². The topological polar surface area (TPSA) is 68.4 Å². The predicted octanol–water partition coefficient (Wildman–Crippen LogP) is 1.83. The highest BCUT2D eigenvalue weighted by atomic mass is 16.6. The van der Waals surface area contributed by atoms with Crippen LogP contribution in [0.25, 0.3) is 0 Å². The van der Waals surface area contributed by atoms with Gasteiger partial charge in [0.2, 0.25) is 0 Å². The maximum atomic E-state index is 12.3. The zero-order chi connectivity index (χ0) is 14.0. The van der Waals surface area contributed by atoms with Crippen molar-refractivity contribution in [1.82, 2.24) is 9.47 Å². The molecular weight excluding hydrogens is 246 g/mol. The van der Waals surface area contributed by atoms with Gasteiger partial charge < -0.3 is 9.47 Å². The number of terminal acetylenes is 1. The fourth-order valence-corrected chi connectivity index (χ4v) is 1.99. The molecule has 0 aliphatic heterocycles. The largest absolute Gasteiger partial charge is 0.334 e. The van der Waals surface area contributed by atoms with Crippen LogP contribution in [0.2, 0.25) is 0 Å². The minimum absolute atomic E-state index is 0.0491. The van der Waals surface area contributed by atoms with Crippen molar-refractivity contribution >= 4 is 11.6 Å². The fraction of sp³-hybridized carbons (Fsp3) is 0.462. The zero-order valence-corrected chi connectivity index (χ0v) is 10.7. The highest BCUT2D eigenvalue weighted by Gasteiger charge is 2.31. The Kier molecular flexibility index (Phi) is 3.56. The Balaban J connectivity index is 2.34. The van der Waals surface area contributed by atoms with Crippen molar-refractivity contribution < 1.29 is 9.72 Å². The molecule has 0 atom stereocenters.